The molecule has 1 aromatic heterocycles. The van der Waals surface area contributed by atoms with Crippen LogP contribution in [0.3, 0.4) is 0 Å². The zero-order chi connectivity index (χ0) is 16.6. The van der Waals surface area contributed by atoms with Crippen LogP contribution in [0.4, 0.5) is 0 Å². The SMILES string of the molecule is O=S(=O)(NCc1ccc2nccnc2c1)c1ccc2c(c1)OCO2. The van der Waals surface area contributed by atoms with E-state index in [1.807, 2.05) is 18.2 Å². The van der Waals surface area contributed by atoms with E-state index in [-0.39, 0.29) is 18.2 Å². The molecule has 0 saturated carbocycles. The Labute approximate surface area is 138 Å². The zero-order valence-corrected chi connectivity index (χ0v) is 13.3. The molecule has 0 amide bonds. The summed E-state index contributed by atoms with van der Waals surface area (Å²) in [5.74, 6) is 0.973. The molecule has 0 aliphatic carbocycles. The van der Waals surface area contributed by atoms with E-state index in [9.17, 15) is 8.42 Å². The average molecular weight is 343 g/mol. The van der Waals surface area contributed by atoms with Gasteiger partial charge in [0, 0.05) is 25.0 Å². The smallest absolute Gasteiger partial charge is 0.241 e. The summed E-state index contributed by atoms with van der Waals surface area (Å²) in [5.41, 5.74) is 2.28. The highest BCUT2D eigenvalue weighted by molar-refractivity contribution is 7.89. The van der Waals surface area contributed by atoms with E-state index in [2.05, 4.69) is 14.7 Å². The van der Waals surface area contributed by atoms with Gasteiger partial charge in [-0.1, -0.05) is 6.07 Å². The van der Waals surface area contributed by atoms with Gasteiger partial charge in [0.05, 0.1) is 15.9 Å². The van der Waals surface area contributed by atoms with Crippen LogP contribution in [0.25, 0.3) is 11.0 Å². The van der Waals surface area contributed by atoms with Crippen molar-refractivity contribution in [3.05, 3.63) is 54.4 Å². The average Bonchev–Trinajstić information content (AvgIpc) is 3.07. The van der Waals surface area contributed by atoms with E-state index in [4.69, 9.17) is 9.47 Å². The molecular formula is C16H13N3O4S. The molecule has 4 rings (SSSR count). The number of ether oxygens (including phenoxy) is 2. The van der Waals surface area contributed by atoms with Gasteiger partial charge in [-0.05, 0) is 29.8 Å². The van der Waals surface area contributed by atoms with E-state index in [1.165, 1.54) is 12.1 Å². The maximum absolute atomic E-state index is 12.4. The summed E-state index contributed by atoms with van der Waals surface area (Å²) in [7, 11) is -3.65. The fourth-order valence-electron chi connectivity index (χ4n) is 2.42. The highest BCUT2D eigenvalue weighted by atomic mass is 32.2. The molecule has 0 atom stereocenters. The Morgan fingerprint density at radius 1 is 0.958 bits per heavy atom. The molecule has 3 aromatic rings. The Morgan fingerprint density at radius 2 is 1.75 bits per heavy atom. The first-order valence-corrected chi connectivity index (χ1v) is 8.69. The summed E-state index contributed by atoms with van der Waals surface area (Å²) in [6, 6.07) is 9.97. The fourth-order valence-corrected chi connectivity index (χ4v) is 3.46. The van der Waals surface area contributed by atoms with Crippen molar-refractivity contribution >= 4 is 21.1 Å². The van der Waals surface area contributed by atoms with Gasteiger partial charge in [-0.25, -0.2) is 13.1 Å². The van der Waals surface area contributed by atoms with Crippen molar-refractivity contribution in [2.75, 3.05) is 6.79 Å². The molecule has 0 fully saturated rings. The Morgan fingerprint density at radius 3 is 2.62 bits per heavy atom. The van der Waals surface area contributed by atoms with Gasteiger partial charge >= 0.3 is 0 Å². The normalized spacial score (nSPS) is 13.3. The summed E-state index contributed by atoms with van der Waals surface area (Å²) < 4.78 is 37.8. The first kappa shape index (κ1) is 14.9. The van der Waals surface area contributed by atoms with Gasteiger partial charge < -0.3 is 9.47 Å². The molecule has 2 aromatic carbocycles. The standard InChI is InChI=1S/C16H13N3O4S/c20-24(21,12-2-4-15-16(8-12)23-10-22-15)19-9-11-1-3-13-14(7-11)18-6-5-17-13/h1-8,19H,9-10H2. The number of rotatable bonds is 4. The van der Waals surface area contributed by atoms with Gasteiger partial charge in [0.1, 0.15) is 0 Å². The Bertz CT molecular complexity index is 1020. The predicted molar refractivity (Wildman–Crippen MR) is 86.1 cm³/mol. The first-order valence-electron chi connectivity index (χ1n) is 7.21. The lowest BCUT2D eigenvalue weighted by Crippen LogP contribution is -2.23. The molecule has 0 spiro atoms. The monoisotopic (exact) mass is 343 g/mol. The van der Waals surface area contributed by atoms with Crippen LogP contribution in [-0.2, 0) is 16.6 Å². The van der Waals surface area contributed by atoms with Crippen molar-refractivity contribution < 1.29 is 17.9 Å². The van der Waals surface area contributed by atoms with Gasteiger partial charge in [0.15, 0.2) is 11.5 Å². The van der Waals surface area contributed by atoms with Crippen molar-refractivity contribution in [1.29, 1.82) is 0 Å². The van der Waals surface area contributed by atoms with E-state index in [1.54, 1.807) is 18.5 Å². The Balaban J connectivity index is 1.55. The van der Waals surface area contributed by atoms with Gasteiger partial charge in [0.2, 0.25) is 16.8 Å². The number of fused-ring (bicyclic) bond motifs is 2. The van der Waals surface area contributed by atoms with E-state index < -0.39 is 10.0 Å². The summed E-state index contributed by atoms with van der Waals surface area (Å²) in [6.45, 7) is 0.258. The zero-order valence-electron chi connectivity index (χ0n) is 12.5. The number of hydrogen-bond acceptors (Lipinski definition) is 6. The third-order valence-electron chi connectivity index (χ3n) is 3.65. The van der Waals surface area contributed by atoms with Crippen LogP contribution in [0.1, 0.15) is 5.56 Å². The molecule has 0 bridgehead atoms. The van der Waals surface area contributed by atoms with Crippen LogP contribution in [-0.4, -0.2) is 25.2 Å². The fraction of sp³-hybridized carbons (Fsp3) is 0.125. The van der Waals surface area contributed by atoms with Crippen LogP contribution in [0.15, 0.2) is 53.7 Å². The van der Waals surface area contributed by atoms with Gasteiger partial charge in [0.25, 0.3) is 0 Å². The summed E-state index contributed by atoms with van der Waals surface area (Å²) in [5, 5.41) is 0. The lowest BCUT2D eigenvalue weighted by molar-refractivity contribution is 0.174. The van der Waals surface area contributed by atoms with Crippen LogP contribution >= 0.6 is 0 Å². The summed E-state index contributed by atoms with van der Waals surface area (Å²) in [6.07, 6.45) is 3.22. The first-order chi connectivity index (χ1) is 11.6. The number of nitrogens with one attached hydrogen (secondary N) is 1. The third-order valence-corrected chi connectivity index (χ3v) is 5.05. The van der Waals surface area contributed by atoms with Crippen LogP contribution in [0.2, 0.25) is 0 Å². The topological polar surface area (TPSA) is 90.4 Å². The molecule has 0 unspecified atom stereocenters. The van der Waals surface area contributed by atoms with Crippen LogP contribution in [0.5, 0.6) is 11.5 Å². The molecule has 24 heavy (non-hydrogen) atoms. The van der Waals surface area contributed by atoms with E-state index in [0.29, 0.717) is 11.5 Å². The van der Waals surface area contributed by atoms with Crippen molar-refractivity contribution in [2.45, 2.75) is 11.4 Å². The minimum atomic E-state index is -3.65. The Hall–Kier alpha value is -2.71. The molecule has 2 heterocycles. The van der Waals surface area contributed by atoms with Crippen molar-refractivity contribution in [2.24, 2.45) is 0 Å². The second-order valence-corrected chi connectivity index (χ2v) is 6.99. The van der Waals surface area contributed by atoms with Crippen molar-refractivity contribution in [1.82, 2.24) is 14.7 Å². The lowest BCUT2D eigenvalue weighted by Gasteiger charge is -2.08. The number of nitrogens with zero attached hydrogens (tertiary/aromatic N) is 2. The molecule has 8 heteroatoms. The second-order valence-electron chi connectivity index (χ2n) is 5.22. The number of sulfonamides is 1. The highest BCUT2D eigenvalue weighted by Gasteiger charge is 2.20. The molecule has 1 aliphatic rings. The van der Waals surface area contributed by atoms with Crippen LogP contribution in [0, 0.1) is 0 Å². The minimum Gasteiger partial charge on any atom is -0.454 e. The summed E-state index contributed by atoms with van der Waals surface area (Å²) >= 11 is 0. The van der Waals surface area contributed by atoms with Crippen LogP contribution < -0.4 is 14.2 Å². The van der Waals surface area contributed by atoms with Crippen molar-refractivity contribution in [3.8, 4) is 11.5 Å². The maximum Gasteiger partial charge on any atom is 0.241 e. The molecule has 122 valence electrons. The molecule has 0 radical (unpaired) electrons. The summed E-state index contributed by atoms with van der Waals surface area (Å²) in [4.78, 5) is 8.53. The predicted octanol–water partition coefficient (Wildman–Crippen LogP) is 1.84. The van der Waals surface area contributed by atoms with Gasteiger partial charge in [-0.3, -0.25) is 9.97 Å². The van der Waals surface area contributed by atoms with E-state index in [0.717, 1.165) is 16.6 Å². The van der Waals surface area contributed by atoms with E-state index >= 15 is 0 Å². The number of aromatic nitrogens is 2. The molecule has 1 N–H and O–H groups in total. The molecule has 7 nitrogen and oxygen atoms in total. The minimum absolute atomic E-state index is 0.102. The molecule has 1 aliphatic heterocycles. The second kappa shape index (κ2) is 5.73. The molecule has 0 saturated heterocycles. The number of hydrogen-bond donors (Lipinski definition) is 1. The van der Waals surface area contributed by atoms with Crippen molar-refractivity contribution in [3.63, 3.8) is 0 Å². The maximum atomic E-state index is 12.4. The highest BCUT2D eigenvalue weighted by Crippen LogP contribution is 2.33. The quantitative estimate of drug-likeness (QED) is 0.777. The Kier molecular flexibility index (Phi) is 3.55. The lowest BCUT2D eigenvalue weighted by atomic mass is 10.2. The largest absolute Gasteiger partial charge is 0.454 e. The molecular weight excluding hydrogens is 330 g/mol. The van der Waals surface area contributed by atoms with Gasteiger partial charge in [-0.15, -0.1) is 0 Å². The number of benzene rings is 2. The third kappa shape index (κ3) is 2.77. The van der Waals surface area contributed by atoms with Gasteiger partial charge in [-0.2, -0.15) is 0 Å².